The maximum atomic E-state index is 9.33. The summed E-state index contributed by atoms with van der Waals surface area (Å²) < 4.78 is 2.33. The molecule has 1 N–H and O–H groups in total. The molecule has 0 aliphatic rings. The molecule has 0 atom stereocenters. The van der Waals surface area contributed by atoms with Crippen molar-refractivity contribution in [3.63, 3.8) is 0 Å². The topological polar surface area (TPSA) is 76.7 Å². The number of rotatable bonds is 3. The van der Waals surface area contributed by atoms with E-state index < -0.39 is 0 Å². The third kappa shape index (κ3) is 3.17. The molecule has 0 aliphatic carbocycles. The van der Waals surface area contributed by atoms with Gasteiger partial charge in [-0.1, -0.05) is 11.6 Å². The van der Waals surface area contributed by atoms with Gasteiger partial charge in [-0.2, -0.15) is 4.68 Å². The predicted octanol–water partition coefficient (Wildman–Crippen LogP) is 3.33. The summed E-state index contributed by atoms with van der Waals surface area (Å²) in [7, 11) is 0. The SMILES string of the molecule is Oc1ccc(-n2nnnc2Sc2ncc(Cl)cc2Br)cc1. The smallest absolute Gasteiger partial charge is 0.220 e. The molecule has 21 heavy (non-hydrogen) atoms. The van der Waals surface area contributed by atoms with Gasteiger partial charge >= 0.3 is 0 Å². The second-order valence-electron chi connectivity index (χ2n) is 3.93. The highest BCUT2D eigenvalue weighted by molar-refractivity contribution is 9.10. The number of tetrazole rings is 1. The lowest BCUT2D eigenvalue weighted by Gasteiger charge is -2.05. The summed E-state index contributed by atoms with van der Waals surface area (Å²) in [5, 5.41) is 22.7. The van der Waals surface area contributed by atoms with Crippen LogP contribution >= 0.6 is 39.3 Å². The molecular formula is C12H7BrClN5OS. The highest BCUT2D eigenvalue weighted by atomic mass is 79.9. The molecule has 0 unspecified atom stereocenters. The first kappa shape index (κ1) is 14.3. The summed E-state index contributed by atoms with van der Waals surface area (Å²) in [5.41, 5.74) is 0.741. The second-order valence-corrected chi connectivity index (χ2v) is 6.18. The zero-order valence-corrected chi connectivity index (χ0v) is 13.5. The Labute approximate surface area is 137 Å². The van der Waals surface area contributed by atoms with Crippen molar-refractivity contribution in [2.45, 2.75) is 10.2 Å². The van der Waals surface area contributed by atoms with Gasteiger partial charge in [-0.3, -0.25) is 0 Å². The summed E-state index contributed by atoms with van der Waals surface area (Å²) in [6.45, 7) is 0. The van der Waals surface area contributed by atoms with E-state index >= 15 is 0 Å². The minimum absolute atomic E-state index is 0.183. The average molecular weight is 385 g/mol. The monoisotopic (exact) mass is 383 g/mol. The molecule has 2 aromatic heterocycles. The average Bonchev–Trinajstić information content (AvgIpc) is 2.91. The van der Waals surface area contributed by atoms with Crippen LogP contribution in [0.5, 0.6) is 5.75 Å². The minimum atomic E-state index is 0.183. The van der Waals surface area contributed by atoms with Gasteiger partial charge < -0.3 is 5.11 Å². The maximum Gasteiger partial charge on any atom is 0.220 e. The Morgan fingerprint density at radius 1 is 1.24 bits per heavy atom. The van der Waals surface area contributed by atoms with Crippen LogP contribution in [0.25, 0.3) is 5.69 Å². The number of hydrogen-bond acceptors (Lipinski definition) is 6. The van der Waals surface area contributed by atoms with E-state index in [1.54, 1.807) is 41.2 Å². The number of aromatic nitrogens is 5. The molecule has 0 saturated carbocycles. The van der Waals surface area contributed by atoms with Gasteiger partial charge in [0.1, 0.15) is 10.8 Å². The molecule has 0 radical (unpaired) electrons. The molecule has 0 saturated heterocycles. The molecule has 0 spiro atoms. The maximum absolute atomic E-state index is 9.33. The largest absolute Gasteiger partial charge is 0.508 e. The number of benzene rings is 1. The molecular weight excluding hydrogens is 378 g/mol. The van der Waals surface area contributed by atoms with Crippen LogP contribution in [0.4, 0.5) is 0 Å². The molecule has 2 heterocycles. The van der Waals surface area contributed by atoms with E-state index in [0.29, 0.717) is 15.2 Å². The van der Waals surface area contributed by atoms with E-state index in [9.17, 15) is 5.11 Å². The molecule has 0 amide bonds. The van der Waals surface area contributed by atoms with Crippen molar-refractivity contribution in [3.05, 3.63) is 46.0 Å². The fraction of sp³-hybridized carbons (Fsp3) is 0. The van der Waals surface area contributed by atoms with Crippen molar-refractivity contribution in [3.8, 4) is 11.4 Å². The van der Waals surface area contributed by atoms with E-state index in [-0.39, 0.29) is 5.75 Å². The molecule has 3 aromatic rings. The summed E-state index contributed by atoms with van der Waals surface area (Å²) in [6, 6.07) is 8.34. The Morgan fingerprint density at radius 3 is 2.71 bits per heavy atom. The first-order valence-corrected chi connectivity index (χ1v) is 7.69. The van der Waals surface area contributed by atoms with Gasteiger partial charge in [0, 0.05) is 6.20 Å². The van der Waals surface area contributed by atoms with E-state index in [2.05, 4.69) is 36.4 Å². The third-order valence-electron chi connectivity index (χ3n) is 2.50. The number of phenolic OH excluding ortho intramolecular Hbond substituents is 1. The van der Waals surface area contributed by atoms with Crippen LogP contribution < -0.4 is 0 Å². The van der Waals surface area contributed by atoms with E-state index in [1.807, 2.05) is 0 Å². The summed E-state index contributed by atoms with van der Waals surface area (Å²) in [6.07, 6.45) is 1.56. The highest BCUT2D eigenvalue weighted by Crippen LogP contribution is 2.32. The Bertz CT molecular complexity index is 780. The molecule has 1 aromatic carbocycles. The second kappa shape index (κ2) is 6.00. The number of halogens is 2. The third-order valence-corrected chi connectivity index (χ3v) is 4.53. The van der Waals surface area contributed by atoms with E-state index in [4.69, 9.17) is 11.6 Å². The zero-order chi connectivity index (χ0) is 14.8. The highest BCUT2D eigenvalue weighted by Gasteiger charge is 2.13. The zero-order valence-electron chi connectivity index (χ0n) is 10.3. The number of pyridine rings is 1. The fourth-order valence-electron chi connectivity index (χ4n) is 1.56. The summed E-state index contributed by atoms with van der Waals surface area (Å²) >= 11 is 10.6. The Balaban J connectivity index is 1.94. The Hall–Kier alpha value is -1.64. The van der Waals surface area contributed by atoms with Crippen LogP contribution in [0, 0.1) is 0 Å². The van der Waals surface area contributed by atoms with E-state index in [1.165, 1.54) is 11.8 Å². The fourth-order valence-corrected chi connectivity index (χ4v) is 3.18. The van der Waals surface area contributed by atoms with Crippen LogP contribution in [0.3, 0.4) is 0 Å². The van der Waals surface area contributed by atoms with Gasteiger partial charge in [0.25, 0.3) is 0 Å². The lowest BCUT2D eigenvalue weighted by molar-refractivity contribution is 0.475. The Morgan fingerprint density at radius 2 is 2.00 bits per heavy atom. The van der Waals surface area contributed by atoms with Crippen molar-refractivity contribution in [2.24, 2.45) is 0 Å². The number of aromatic hydroxyl groups is 1. The van der Waals surface area contributed by atoms with Gasteiger partial charge in [-0.25, -0.2) is 4.98 Å². The van der Waals surface area contributed by atoms with Crippen molar-refractivity contribution < 1.29 is 5.11 Å². The van der Waals surface area contributed by atoms with Crippen molar-refractivity contribution in [1.29, 1.82) is 0 Å². The van der Waals surface area contributed by atoms with Crippen molar-refractivity contribution in [1.82, 2.24) is 25.2 Å². The molecule has 0 aliphatic heterocycles. The Kier molecular flexibility index (Phi) is 4.09. The molecule has 3 rings (SSSR count). The van der Waals surface area contributed by atoms with Gasteiger partial charge in [0.05, 0.1) is 15.2 Å². The lowest BCUT2D eigenvalue weighted by Crippen LogP contribution is -1.98. The molecule has 106 valence electrons. The van der Waals surface area contributed by atoms with Gasteiger partial charge in [0.2, 0.25) is 5.16 Å². The normalized spacial score (nSPS) is 10.8. The van der Waals surface area contributed by atoms with Gasteiger partial charge in [0.15, 0.2) is 0 Å². The molecule has 0 bridgehead atoms. The first-order valence-electron chi connectivity index (χ1n) is 5.70. The number of phenols is 1. The number of hydrogen-bond donors (Lipinski definition) is 1. The molecule has 6 nitrogen and oxygen atoms in total. The van der Waals surface area contributed by atoms with Gasteiger partial charge in [-0.05, 0) is 68.5 Å². The number of nitrogens with zero attached hydrogens (tertiary/aromatic N) is 5. The van der Waals surface area contributed by atoms with Crippen LogP contribution in [0.1, 0.15) is 0 Å². The van der Waals surface area contributed by atoms with Crippen LogP contribution in [0.15, 0.2) is 51.2 Å². The van der Waals surface area contributed by atoms with Crippen molar-refractivity contribution in [2.75, 3.05) is 0 Å². The summed E-state index contributed by atoms with van der Waals surface area (Å²) in [4.78, 5) is 4.24. The standard InChI is InChI=1S/C12H7BrClN5OS/c13-10-5-7(14)6-15-11(10)21-12-16-17-18-19(12)8-1-3-9(20)4-2-8/h1-6,20H. The quantitative estimate of drug-likeness (QED) is 0.746. The van der Waals surface area contributed by atoms with Crippen LogP contribution in [-0.4, -0.2) is 30.3 Å². The summed E-state index contributed by atoms with van der Waals surface area (Å²) in [5.74, 6) is 0.183. The van der Waals surface area contributed by atoms with E-state index in [0.717, 1.165) is 10.2 Å². The predicted molar refractivity (Wildman–Crippen MR) is 81.9 cm³/mol. The first-order chi connectivity index (χ1) is 10.1. The molecule has 0 fully saturated rings. The van der Waals surface area contributed by atoms with Gasteiger partial charge in [-0.15, -0.1) is 5.10 Å². The van der Waals surface area contributed by atoms with Crippen LogP contribution in [-0.2, 0) is 0 Å². The minimum Gasteiger partial charge on any atom is -0.508 e. The van der Waals surface area contributed by atoms with Crippen LogP contribution in [0.2, 0.25) is 5.02 Å². The van der Waals surface area contributed by atoms with Crippen molar-refractivity contribution >= 4 is 39.3 Å². The lowest BCUT2D eigenvalue weighted by atomic mass is 10.3. The molecule has 9 heteroatoms.